The minimum atomic E-state index is -3.02. The van der Waals surface area contributed by atoms with E-state index >= 15 is 0 Å². The fourth-order valence-electron chi connectivity index (χ4n) is 1.51. The normalized spacial score (nSPS) is 11.9. The van der Waals surface area contributed by atoms with E-state index in [1.54, 1.807) is 13.8 Å². The number of H-pyrrole nitrogens is 1. The first-order valence-electron chi connectivity index (χ1n) is 5.40. The molecule has 0 atom stereocenters. The number of hydrogen-bond acceptors (Lipinski definition) is 3. The van der Waals surface area contributed by atoms with Gasteiger partial charge >= 0.3 is 0 Å². The summed E-state index contributed by atoms with van der Waals surface area (Å²) in [5, 5.41) is 2.94. The number of aryl methyl sites for hydroxylation is 2. The van der Waals surface area contributed by atoms with Crippen LogP contribution < -0.4 is 5.56 Å². The molecule has 1 aromatic heterocycles. The van der Waals surface area contributed by atoms with Gasteiger partial charge in [-0.05, 0) is 13.3 Å². The Kier molecular flexibility index (Phi) is 3.96. The molecule has 1 rings (SSSR count). The molecule has 0 radical (unpaired) electrons. The van der Waals surface area contributed by atoms with Gasteiger partial charge in [-0.2, -0.15) is 0 Å². The van der Waals surface area contributed by atoms with Gasteiger partial charge in [-0.15, -0.1) is 0 Å². The zero-order valence-electron chi connectivity index (χ0n) is 9.91. The molecule has 1 N–H and O–H groups in total. The molecule has 0 aliphatic carbocycles. The molecule has 0 spiro atoms. The topological polar surface area (TPSA) is 71.9 Å². The van der Waals surface area contributed by atoms with Crippen LogP contribution >= 0.6 is 0 Å². The zero-order chi connectivity index (χ0) is 12.3. The van der Waals surface area contributed by atoms with Crippen molar-refractivity contribution in [2.75, 3.05) is 11.5 Å². The molecule has 0 aromatic carbocycles. The average molecular weight is 246 g/mol. The lowest BCUT2D eigenvalue weighted by Gasteiger charge is -2.02. The molecule has 16 heavy (non-hydrogen) atoms. The van der Waals surface area contributed by atoms with Gasteiger partial charge in [0.1, 0.15) is 0 Å². The maximum Gasteiger partial charge on any atom is 0.269 e. The highest BCUT2D eigenvalue weighted by Gasteiger charge is 2.12. The molecule has 6 heteroatoms. The lowest BCUT2D eigenvalue weighted by Crippen LogP contribution is -2.23. The Hall–Kier alpha value is -1.04. The van der Waals surface area contributed by atoms with Crippen LogP contribution in [0.2, 0.25) is 0 Å². The van der Waals surface area contributed by atoms with Gasteiger partial charge in [-0.3, -0.25) is 14.6 Å². The molecule has 0 unspecified atom stereocenters. The lowest BCUT2D eigenvalue weighted by atomic mass is 10.2. The highest BCUT2D eigenvalue weighted by molar-refractivity contribution is 7.91. The van der Waals surface area contributed by atoms with E-state index in [9.17, 15) is 13.2 Å². The molecule has 0 saturated carbocycles. The third-order valence-corrected chi connectivity index (χ3v) is 4.39. The van der Waals surface area contributed by atoms with Gasteiger partial charge in [0, 0.05) is 17.0 Å². The van der Waals surface area contributed by atoms with Crippen LogP contribution in [0.15, 0.2) is 4.79 Å². The Morgan fingerprint density at radius 2 is 1.94 bits per heavy atom. The summed E-state index contributed by atoms with van der Waals surface area (Å²) in [6.07, 6.45) is 0.745. The van der Waals surface area contributed by atoms with Crippen molar-refractivity contribution in [1.82, 2.24) is 9.78 Å². The Balaban J connectivity index is 2.88. The standard InChI is InChI=1S/C10H18N2O3S/c1-4-9-8(3)10(13)12(11-9)6-7-16(14,15)5-2/h11H,4-7H2,1-3H3. The Morgan fingerprint density at radius 3 is 2.38 bits per heavy atom. The minimum absolute atomic E-state index is 0.00646. The molecule has 1 aromatic rings. The molecule has 5 nitrogen and oxygen atoms in total. The number of rotatable bonds is 5. The van der Waals surface area contributed by atoms with Crippen LogP contribution in [0, 0.1) is 6.92 Å². The van der Waals surface area contributed by atoms with Gasteiger partial charge in [-0.1, -0.05) is 13.8 Å². The van der Waals surface area contributed by atoms with Gasteiger partial charge in [-0.25, -0.2) is 8.42 Å². The van der Waals surface area contributed by atoms with Crippen LogP contribution in [0.25, 0.3) is 0 Å². The quantitative estimate of drug-likeness (QED) is 0.821. The number of nitrogens with zero attached hydrogens (tertiary/aromatic N) is 1. The molecule has 0 fully saturated rings. The second-order valence-electron chi connectivity index (χ2n) is 3.76. The highest BCUT2D eigenvalue weighted by Crippen LogP contribution is 2.00. The second kappa shape index (κ2) is 4.86. The molecule has 92 valence electrons. The van der Waals surface area contributed by atoms with E-state index < -0.39 is 9.84 Å². The van der Waals surface area contributed by atoms with Crippen molar-refractivity contribution >= 4 is 9.84 Å². The van der Waals surface area contributed by atoms with Gasteiger partial charge < -0.3 is 0 Å². The number of aromatic amines is 1. The van der Waals surface area contributed by atoms with Gasteiger partial charge in [0.15, 0.2) is 9.84 Å². The van der Waals surface area contributed by atoms with Crippen molar-refractivity contribution in [2.24, 2.45) is 0 Å². The van der Waals surface area contributed by atoms with Crippen molar-refractivity contribution in [3.05, 3.63) is 21.6 Å². The second-order valence-corrected chi connectivity index (χ2v) is 6.23. The van der Waals surface area contributed by atoms with Crippen LogP contribution in [-0.4, -0.2) is 29.7 Å². The maximum absolute atomic E-state index is 11.7. The SMILES string of the molecule is CCc1[nH]n(CCS(=O)(=O)CC)c(=O)c1C. The monoisotopic (exact) mass is 246 g/mol. The molecular formula is C10H18N2O3S. The van der Waals surface area contributed by atoms with Crippen LogP contribution in [0.1, 0.15) is 25.1 Å². The van der Waals surface area contributed by atoms with Crippen molar-refractivity contribution in [2.45, 2.75) is 33.7 Å². The summed E-state index contributed by atoms with van der Waals surface area (Å²) in [5.41, 5.74) is 1.43. The molecule has 0 aliphatic heterocycles. The zero-order valence-corrected chi connectivity index (χ0v) is 10.7. The first-order valence-corrected chi connectivity index (χ1v) is 7.22. The summed E-state index contributed by atoms with van der Waals surface area (Å²) < 4.78 is 24.0. The fourth-order valence-corrected chi connectivity index (χ4v) is 2.25. The third-order valence-electron chi connectivity index (χ3n) is 2.71. The smallest absolute Gasteiger partial charge is 0.269 e. The van der Waals surface area contributed by atoms with Gasteiger partial charge in [0.05, 0.1) is 12.3 Å². The van der Waals surface area contributed by atoms with Gasteiger partial charge in [0.25, 0.3) is 5.56 Å². The van der Waals surface area contributed by atoms with Crippen molar-refractivity contribution in [3.8, 4) is 0 Å². The number of aromatic nitrogens is 2. The maximum atomic E-state index is 11.7. The predicted molar refractivity (Wildman–Crippen MR) is 63.5 cm³/mol. The Morgan fingerprint density at radius 1 is 1.31 bits per heavy atom. The molecule has 0 bridgehead atoms. The van der Waals surface area contributed by atoms with E-state index in [1.165, 1.54) is 4.68 Å². The van der Waals surface area contributed by atoms with E-state index in [-0.39, 0.29) is 23.6 Å². The first-order chi connectivity index (χ1) is 7.41. The van der Waals surface area contributed by atoms with Crippen LogP contribution in [0.4, 0.5) is 0 Å². The van der Waals surface area contributed by atoms with E-state index in [0.29, 0.717) is 5.56 Å². The summed E-state index contributed by atoms with van der Waals surface area (Å²) in [6, 6.07) is 0. The van der Waals surface area contributed by atoms with E-state index in [4.69, 9.17) is 0 Å². The van der Waals surface area contributed by atoms with E-state index in [2.05, 4.69) is 5.10 Å². The highest BCUT2D eigenvalue weighted by atomic mass is 32.2. The number of hydrogen-bond donors (Lipinski definition) is 1. The third kappa shape index (κ3) is 2.75. The van der Waals surface area contributed by atoms with Crippen LogP contribution in [0.5, 0.6) is 0 Å². The molecule has 0 amide bonds. The summed E-state index contributed by atoms with van der Waals surface area (Å²) in [7, 11) is -3.02. The number of sulfone groups is 1. The fraction of sp³-hybridized carbons (Fsp3) is 0.700. The number of nitrogens with one attached hydrogen (secondary N) is 1. The van der Waals surface area contributed by atoms with E-state index in [1.807, 2.05) is 6.92 Å². The van der Waals surface area contributed by atoms with Crippen molar-refractivity contribution in [3.63, 3.8) is 0 Å². The summed E-state index contributed by atoms with van der Waals surface area (Å²) in [4.78, 5) is 11.7. The van der Waals surface area contributed by atoms with Gasteiger partial charge in [0.2, 0.25) is 0 Å². The Labute approximate surface area is 95.4 Å². The summed E-state index contributed by atoms with van der Waals surface area (Å²) >= 11 is 0. The van der Waals surface area contributed by atoms with Crippen LogP contribution in [0.3, 0.4) is 0 Å². The lowest BCUT2D eigenvalue weighted by molar-refractivity contribution is 0.575. The van der Waals surface area contributed by atoms with Crippen molar-refractivity contribution in [1.29, 1.82) is 0 Å². The molecule has 0 aliphatic rings. The van der Waals surface area contributed by atoms with E-state index in [0.717, 1.165) is 12.1 Å². The molecular weight excluding hydrogens is 228 g/mol. The first kappa shape index (κ1) is 13.0. The van der Waals surface area contributed by atoms with Crippen LogP contribution in [-0.2, 0) is 22.8 Å². The molecule has 1 heterocycles. The minimum Gasteiger partial charge on any atom is -0.299 e. The van der Waals surface area contributed by atoms with Crippen molar-refractivity contribution < 1.29 is 8.42 Å². The largest absolute Gasteiger partial charge is 0.299 e. The predicted octanol–water partition coefficient (Wildman–Crippen LogP) is 0.482. The molecule has 0 saturated heterocycles. The summed E-state index contributed by atoms with van der Waals surface area (Å²) in [6.45, 7) is 5.51. The average Bonchev–Trinajstić information content (AvgIpc) is 2.53. The Bertz CT molecular complexity index is 511. The summed E-state index contributed by atoms with van der Waals surface area (Å²) in [5.74, 6) is 0.120.